The maximum Gasteiger partial charge on any atom is 0.0793 e. The number of nitrogens with zero attached hydrogens (tertiary/aromatic N) is 2. The summed E-state index contributed by atoms with van der Waals surface area (Å²) in [5.41, 5.74) is 0. The number of piperazine rings is 1. The number of β-amino-alcohol motifs (C(OH)–C–C–N with tert-alkyl or cyclic N) is 1. The normalized spacial score (nSPS) is 25.7. The molecule has 1 unspecified atom stereocenters. The Labute approximate surface area is 98.6 Å². The van der Waals surface area contributed by atoms with Crippen LogP contribution in [0.3, 0.4) is 0 Å². The molecule has 2 aliphatic rings. The molecule has 0 spiro atoms. The molecule has 0 aromatic heterocycles. The van der Waals surface area contributed by atoms with Crippen LogP contribution < -0.4 is 5.32 Å². The van der Waals surface area contributed by atoms with Gasteiger partial charge in [-0.1, -0.05) is 6.42 Å². The molecule has 16 heavy (non-hydrogen) atoms. The molecule has 0 aromatic carbocycles. The molecule has 0 radical (unpaired) electrons. The lowest BCUT2D eigenvalue weighted by Gasteiger charge is -2.37. The second kappa shape index (κ2) is 5.96. The highest BCUT2D eigenvalue weighted by Gasteiger charge is 2.24. The standard InChI is InChI=1S/C12H25N3O/c1-14(11-3-2-4-11)9-12(16)10-15-7-5-13-6-8-15/h11-13,16H,2-10H2,1H3. The fourth-order valence-corrected chi connectivity index (χ4v) is 2.56. The van der Waals surface area contributed by atoms with Crippen molar-refractivity contribution in [3.63, 3.8) is 0 Å². The zero-order valence-electron chi connectivity index (χ0n) is 10.4. The van der Waals surface area contributed by atoms with Crippen molar-refractivity contribution in [2.75, 3.05) is 46.3 Å². The number of nitrogens with one attached hydrogen (secondary N) is 1. The summed E-state index contributed by atoms with van der Waals surface area (Å²) in [6, 6.07) is 0.734. The summed E-state index contributed by atoms with van der Waals surface area (Å²) in [5.74, 6) is 0. The van der Waals surface area contributed by atoms with E-state index in [1.165, 1.54) is 19.3 Å². The van der Waals surface area contributed by atoms with Gasteiger partial charge in [-0.3, -0.25) is 4.90 Å². The molecule has 94 valence electrons. The van der Waals surface area contributed by atoms with Crippen LogP contribution >= 0.6 is 0 Å². The van der Waals surface area contributed by atoms with Gasteiger partial charge in [0.15, 0.2) is 0 Å². The van der Waals surface area contributed by atoms with E-state index in [-0.39, 0.29) is 6.10 Å². The topological polar surface area (TPSA) is 38.7 Å². The number of aliphatic hydroxyl groups is 1. The Hall–Kier alpha value is -0.160. The number of rotatable bonds is 5. The van der Waals surface area contributed by atoms with Gasteiger partial charge in [0.2, 0.25) is 0 Å². The Morgan fingerprint density at radius 2 is 2.06 bits per heavy atom. The Bertz CT molecular complexity index is 198. The average Bonchev–Trinajstić information content (AvgIpc) is 2.15. The minimum absolute atomic E-state index is 0.191. The molecular formula is C12H25N3O. The highest BCUT2D eigenvalue weighted by atomic mass is 16.3. The van der Waals surface area contributed by atoms with Crippen molar-refractivity contribution >= 4 is 0 Å². The van der Waals surface area contributed by atoms with Crippen LogP contribution in [-0.2, 0) is 0 Å². The van der Waals surface area contributed by atoms with Crippen molar-refractivity contribution in [2.45, 2.75) is 31.4 Å². The lowest BCUT2D eigenvalue weighted by molar-refractivity contribution is 0.0495. The van der Waals surface area contributed by atoms with Crippen LogP contribution in [0.4, 0.5) is 0 Å². The summed E-state index contributed by atoms with van der Waals surface area (Å²) in [6.45, 7) is 5.93. The lowest BCUT2D eigenvalue weighted by atomic mass is 9.92. The quantitative estimate of drug-likeness (QED) is 0.678. The van der Waals surface area contributed by atoms with Gasteiger partial charge in [0, 0.05) is 45.3 Å². The Morgan fingerprint density at radius 1 is 1.38 bits per heavy atom. The van der Waals surface area contributed by atoms with Gasteiger partial charge in [-0.05, 0) is 19.9 Å². The molecule has 1 aliphatic carbocycles. The Kier molecular flexibility index (Phi) is 4.58. The van der Waals surface area contributed by atoms with Crippen LogP contribution in [0.5, 0.6) is 0 Å². The SMILES string of the molecule is CN(CC(O)CN1CCNCC1)C1CCC1. The van der Waals surface area contributed by atoms with E-state index in [2.05, 4.69) is 22.2 Å². The van der Waals surface area contributed by atoms with Crippen molar-refractivity contribution < 1.29 is 5.11 Å². The van der Waals surface area contributed by atoms with Crippen molar-refractivity contribution in [1.82, 2.24) is 15.1 Å². The van der Waals surface area contributed by atoms with Gasteiger partial charge in [-0.2, -0.15) is 0 Å². The molecule has 0 aromatic rings. The monoisotopic (exact) mass is 227 g/mol. The van der Waals surface area contributed by atoms with Gasteiger partial charge in [0.25, 0.3) is 0 Å². The molecule has 4 nitrogen and oxygen atoms in total. The summed E-state index contributed by atoms with van der Waals surface area (Å²) in [4.78, 5) is 4.69. The lowest BCUT2D eigenvalue weighted by Crippen LogP contribution is -2.49. The van der Waals surface area contributed by atoms with E-state index in [1.54, 1.807) is 0 Å². The molecule has 2 N–H and O–H groups in total. The molecule has 4 heteroatoms. The van der Waals surface area contributed by atoms with Crippen molar-refractivity contribution in [3.05, 3.63) is 0 Å². The first-order valence-electron chi connectivity index (χ1n) is 6.57. The number of hydrogen-bond acceptors (Lipinski definition) is 4. The zero-order chi connectivity index (χ0) is 11.4. The molecule has 1 heterocycles. The molecule has 1 atom stereocenters. The summed E-state index contributed by atoms with van der Waals surface area (Å²) in [5, 5.41) is 13.4. The van der Waals surface area contributed by atoms with E-state index in [0.717, 1.165) is 45.3 Å². The highest BCUT2D eigenvalue weighted by Crippen LogP contribution is 2.23. The fourth-order valence-electron chi connectivity index (χ4n) is 2.56. The molecular weight excluding hydrogens is 202 g/mol. The van der Waals surface area contributed by atoms with Crippen LogP contribution in [0.2, 0.25) is 0 Å². The summed E-state index contributed by atoms with van der Waals surface area (Å²) >= 11 is 0. The zero-order valence-corrected chi connectivity index (χ0v) is 10.4. The van der Waals surface area contributed by atoms with Crippen LogP contribution in [0.1, 0.15) is 19.3 Å². The average molecular weight is 227 g/mol. The van der Waals surface area contributed by atoms with E-state index in [0.29, 0.717) is 0 Å². The van der Waals surface area contributed by atoms with Gasteiger partial charge in [0.1, 0.15) is 0 Å². The Balaban J connectivity index is 1.64. The minimum atomic E-state index is -0.191. The largest absolute Gasteiger partial charge is 0.390 e. The van der Waals surface area contributed by atoms with Gasteiger partial charge in [-0.25, -0.2) is 0 Å². The first-order chi connectivity index (χ1) is 7.75. The summed E-state index contributed by atoms with van der Waals surface area (Å²) < 4.78 is 0. The third kappa shape index (κ3) is 3.42. The molecule has 2 rings (SSSR count). The van der Waals surface area contributed by atoms with E-state index < -0.39 is 0 Å². The number of aliphatic hydroxyl groups excluding tert-OH is 1. The minimum Gasteiger partial charge on any atom is -0.390 e. The Morgan fingerprint density at radius 3 is 2.62 bits per heavy atom. The van der Waals surface area contributed by atoms with E-state index in [9.17, 15) is 5.11 Å². The third-order valence-corrected chi connectivity index (χ3v) is 3.88. The molecule has 0 bridgehead atoms. The first kappa shape index (κ1) is 12.3. The molecule has 1 aliphatic heterocycles. The highest BCUT2D eigenvalue weighted by molar-refractivity contribution is 4.80. The van der Waals surface area contributed by atoms with Gasteiger partial charge in [0.05, 0.1) is 6.10 Å². The molecule has 2 fully saturated rings. The van der Waals surface area contributed by atoms with Crippen LogP contribution in [0, 0.1) is 0 Å². The van der Waals surface area contributed by atoms with Gasteiger partial charge < -0.3 is 15.3 Å². The molecule has 1 saturated carbocycles. The summed E-state index contributed by atoms with van der Waals surface area (Å²) in [7, 11) is 2.14. The third-order valence-electron chi connectivity index (χ3n) is 3.88. The van der Waals surface area contributed by atoms with Gasteiger partial charge in [-0.15, -0.1) is 0 Å². The molecule has 0 amide bonds. The second-order valence-electron chi connectivity index (χ2n) is 5.23. The fraction of sp³-hybridized carbons (Fsp3) is 1.00. The maximum absolute atomic E-state index is 10.0. The van der Waals surface area contributed by atoms with E-state index in [4.69, 9.17) is 0 Å². The number of likely N-dealkylation sites (N-methyl/N-ethyl adjacent to an activating group) is 1. The van der Waals surface area contributed by atoms with Crippen molar-refractivity contribution in [2.24, 2.45) is 0 Å². The van der Waals surface area contributed by atoms with Gasteiger partial charge >= 0.3 is 0 Å². The van der Waals surface area contributed by atoms with Crippen molar-refractivity contribution in [1.29, 1.82) is 0 Å². The second-order valence-corrected chi connectivity index (χ2v) is 5.23. The predicted octanol–water partition coefficient (Wildman–Crippen LogP) is -0.263. The van der Waals surface area contributed by atoms with Crippen LogP contribution in [-0.4, -0.2) is 73.4 Å². The van der Waals surface area contributed by atoms with Crippen LogP contribution in [0.15, 0.2) is 0 Å². The smallest absolute Gasteiger partial charge is 0.0793 e. The summed E-state index contributed by atoms with van der Waals surface area (Å²) in [6.07, 6.45) is 3.81. The van der Waals surface area contributed by atoms with Crippen LogP contribution in [0.25, 0.3) is 0 Å². The number of hydrogen-bond donors (Lipinski definition) is 2. The molecule has 1 saturated heterocycles. The van der Waals surface area contributed by atoms with E-state index >= 15 is 0 Å². The predicted molar refractivity (Wildman–Crippen MR) is 65.6 cm³/mol. The van der Waals surface area contributed by atoms with Crippen molar-refractivity contribution in [3.8, 4) is 0 Å². The van der Waals surface area contributed by atoms with E-state index in [1.807, 2.05) is 0 Å². The maximum atomic E-state index is 10.0. The first-order valence-corrected chi connectivity index (χ1v) is 6.57.